The van der Waals surface area contributed by atoms with Crippen LogP contribution in [0.3, 0.4) is 0 Å². The number of carbonyl (C=O) groups excluding carboxylic acids is 3. The molecule has 0 bridgehead atoms. The molecular formula is C19H20N4O3. The van der Waals surface area contributed by atoms with Gasteiger partial charge in [-0.3, -0.25) is 14.4 Å². The molecule has 0 spiro atoms. The molecule has 0 unspecified atom stereocenters. The van der Waals surface area contributed by atoms with Gasteiger partial charge in [0.15, 0.2) is 11.6 Å². The first-order chi connectivity index (χ1) is 12.4. The fourth-order valence-electron chi connectivity index (χ4n) is 3.09. The molecule has 26 heavy (non-hydrogen) atoms. The van der Waals surface area contributed by atoms with Gasteiger partial charge in [-0.05, 0) is 24.6 Å². The lowest BCUT2D eigenvalue weighted by Gasteiger charge is -2.23. The standard InChI is InChI=1S/C19H20N4O3/c1-10(24)22-8-3-9-23-14-5-2-4-11-15(14)19(26)17-13(21)7-6-12(20)16(17)18(11)25/h2,4-7,23H,3,8-9,20-21H2,1H3,(H,22,24). The van der Waals surface area contributed by atoms with Crippen molar-refractivity contribution in [2.75, 3.05) is 29.9 Å². The maximum absolute atomic E-state index is 13.0. The molecule has 7 heteroatoms. The van der Waals surface area contributed by atoms with Crippen molar-refractivity contribution in [3.8, 4) is 0 Å². The summed E-state index contributed by atoms with van der Waals surface area (Å²) >= 11 is 0. The topological polar surface area (TPSA) is 127 Å². The van der Waals surface area contributed by atoms with Crippen molar-refractivity contribution < 1.29 is 14.4 Å². The van der Waals surface area contributed by atoms with Crippen molar-refractivity contribution in [2.45, 2.75) is 13.3 Å². The van der Waals surface area contributed by atoms with Crippen LogP contribution in [0.5, 0.6) is 0 Å². The first-order valence-electron chi connectivity index (χ1n) is 8.30. The van der Waals surface area contributed by atoms with Gasteiger partial charge in [-0.15, -0.1) is 0 Å². The molecule has 0 aliphatic heterocycles. The van der Waals surface area contributed by atoms with Gasteiger partial charge < -0.3 is 22.1 Å². The van der Waals surface area contributed by atoms with E-state index in [0.717, 1.165) is 0 Å². The van der Waals surface area contributed by atoms with Gasteiger partial charge in [0.1, 0.15) is 0 Å². The molecule has 7 nitrogen and oxygen atoms in total. The summed E-state index contributed by atoms with van der Waals surface area (Å²) in [7, 11) is 0. The van der Waals surface area contributed by atoms with Crippen molar-refractivity contribution in [3.05, 3.63) is 52.6 Å². The number of anilines is 3. The van der Waals surface area contributed by atoms with Crippen LogP contribution in [0.4, 0.5) is 17.1 Å². The molecular weight excluding hydrogens is 332 g/mol. The normalized spacial score (nSPS) is 12.3. The van der Waals surface area contributed by atoms with E-state index >= 15 is 0 Å². The number of nitrogens with two attached hydrogens (primary N) is 2. The van der Waals surface area contributed by atoms with Crippen molar-refractivity contribution >= 4 is 34.5 Å². The van der Waals surface area contributed by atoms with Gasteiger partial charge in [-0.25, -0.2) is 0 Å². The molecule has 0 saturated heterocycles. The molecule has 1 aliphatic rings. The molecule has 3 rings (SSSR count). The van der Waals surface area contributed by atoms with Gasteiger partial charge in [0.2, 0.25) is 5.91 Å². The predicted molar refractivity (Wildman–Crippen MR) is 100 cm³/mol. The van der Waals surface area contributed by atoms with Crippen LogP contribution in [0.15, 0.2) is 30.3 Å². The van der Waals surface area contributed by atoms with E-state index < -0.39 is 0 Å². The van der Waals surface area contributed by atoms with E-state index in [9.17, 15) is 14.4 Å². The van der Waals surface area contributed by atoms with Gasteiger partial charge in [0.05, 0.1) is 16.7 Å². The van der Waals surface area contributed by atoms with Crippen LogP contribution in [0.1, 0.15) is 45.2 Å². The van der Waals surface area contributed by atoms with E-state index in [0.29, 0.717) is 36.3 Å². The summed E-state index contributed by atoms with van der Waals surface area (Å²) in [4.78, 5) is 36.8. The average Bonchev–Trinajstić information content (AvgIpc) is 2.60. The number of carbonyl (C=O) groups is 3. The summed E-state index contributed by atoms with van der Waals surface area (Å²) < 4.78 is 0. The van der Waals surface area contributed by atoms with Crippen LogP contribution >= 0.6 is 0 Å². The Kier molecular flexibility index (Phi) is 4.62. The summed E-state index contributed by atoms with van der Waals surface area (Å²) in [5, 5.41) is 5.87. The zero-order valence-electron chi connectivity index (χ0n) is 14.4. The third-order valence-corrected chi connectivity index (χ3v) is 4.30. The first kappa shape index (κ1) is 17.5. The van der Waals surface area contributed by atoms with E-state index in [-0.39, 0.29) is 40.0 Å². The van der Waals surface area contributed by atoms with Crippen molar-refractivity contribution in [3.63, 3.8) is 0 Å². The SMILES string of the molecule is CC(=O)NCCCNc1cccc2c1C(=O)c1c(N)ccc(N)c1C2=O. The highest BCUT2D eigenvalue weighted by Gasteiger charge is 2.34. The van der Waals surface area contributed by atoms with Crippen LogP contribution in [0.2, 0.25) is 0 Å². The lowest BCUT2D eigenvalue weighted by molar-refractivity contribution is -0.118. The fourth-order valence-corrected chi connectivity index (χ4v) is 3.09. The number of nitrogens with one attached hydrogen (secondary N) is 2. The number of fused-ring (bicyclic) bond motifs is 2. The van der Waals surface area contributed by atoms with Crippen molar-refractivity contribution in [2.24, 2.45) is 0 Å². The third-order valence-electron chi connectivity index (χ3n) is 4.30. The number of benzene rings is 2. The van der Waals surface area contributed by atoms with E-state index in [1.165, 1.54) is 19.1 Å². The quantitative estimate of drug-likeness (QED) is 0.408. The lowest BCUT2D eigenvalue weighted by atomic mass is 9.81. The zero-order valence-corrected chi connectivity index (χ0v) is 14.4. The van der Waals surface area contributed by atoms with Gasteiger partial charge in [-0.1, -0.05) is 12.1 Å². The molecule has 0 radical (unpaired) electrons. The Morgan fingerprint density at radius 3 is 2.23 bits per heavy atom. The van der Waals surface area contributed by atoms with E-state index in [4.69, 9.17) is 11.5 Å². The molecule has 0 fully saturated rings. The highest BCUT2D eigenvalue weighted by molar-refractivity contribution is 6.33. The van der Waals surface area contributed by atoms with E-state index in [1.807, 2.05) is 0 Å². The number of ketones is 2. The predicted octanol–water partition coefficient (Wildman–Crippen LogP) is 1.56. The second-order valence-electron chi connectivity index (χ2n) is 6.14. The highest BCUT2D eigenvalue weighted by Crippen LogP contribution is 2.36. The Hall–Kier alpha value is -3.35. The molecule has 2 aromatic rings. The largest absolute Gasteiger partial charge is 0.398 e. The smallest absolute Gasteiger partial charge is 0.216 e. The number of hydrogen-bond acceptors (Lipinski definition) is 6. The number of rotatable bonds is 5. The number of nitrogen functional groups attached to an aromatic ring is 2. The molecule has 0 heterocycles. The third kappa shape index (κ3) is 2.99. The molecule has 0 aromatic heterocycles. The van der Waals surface area contributed by atoms with Gasteiger partial charge in [0.25, 0.3) is 0 Å². The molecule has 0 saturated carbocycles. The summed E-state index contributed by atoms with van der Waals surface area (Å²) in [6.07, 6.45) is 0.678. The Balaban J connectivity index is 1.92. The molecule has 0 atom stereocenters. The maximum Gasteiger partial charge on any atom is 0.216 e. The van der Waals surface area contributed by atoms with E-state index in [1.54, 1.807) is 18.2 Å². The lowest BCUT2D eigenvalue weighted by Crippen LogP contribution is -2.26. The van der Waals surface area contributed by atoms with Crippen LogP contribution < -0.4 is 22.1 Å². The van der Waals surface area contributed by atoms with Crippen LogP contribution in [0, 0.1) is 0 Å². The highest BCUT2D eigenvalue weighted by atomic mass is 16.1. The summed E-state index contributed by atoms with van der Waals surface area (Å²) in [6.45, 7) is 2.52. The van der Waals surface area contributed by atoms with Crippen molar-refractivity contribution in [1.82, 2.24) is 5.32 Å². The minimum atomic E-state index is -0.315. The molecule has 6 N–H and O–H groups in total. The van der Waals surface area contributed by atoms with Gasteiger partial charge in [0, 0.05) is 42.6 Å². The molecule has 134 valence electrons. The monoisotopic (exact) mass is 352 g/mol. The van der Waals surface area contributed by atoms with Crippen molar-refractivity contribution in [1.29, 1.82) is 0 Å². The minimum absolute atomic E-state index is 0.0902. The Labute approximate surface area is 150 Å². The Morgan fingerprint density at radius 2 is 1.58 bits per heavy atom. The molecule has 2 aromatic carbocycles. The number of amides is 1. The fraction of sp³-hybridized carbons (Fsp3) is 0.211. The van der Waals surface area contributed by atoms with Crippen LogP contribution in [-0.4, -0.2) is 30.6 Å². The zero-order chi connectivity index (χ0) is 18.8. The number of hydrogen-bond donors (Lipinski definition) is 4. The second kappa shape index (κ2) is 6.87. The minimum Gasteiger partial charge on any atom is -0.398 e. The second-order valence-corrected chi connectivity index (χ2v) is 6.14. The summed E-state index contributed by atoms with van der Waals surface area (Å²) in [5.74, 6) is -0.710. The van der Waals surface area contributed by atoms with Gasteiger partial charge >= 0.3 is 0 Å². The summed E-state index contributed by atoms with van der Waals surface area (Å²) in [6, 6.07) is 8.15. The average molecular weight is 352 g/mol. The van der Waals surface area contributed by atoms with Crippen LogP contribution in [-0.2, 0) is 4.79 Å². The molecule has 1 amide bonds. The molecule has 1 aliphatic carbocycles. The Bertz CT molecular complexity index is 921. The Morgan fingerprint density at radius 1 is 0.923 bits per heavy atom. The van der Waals surface area contributed by atoms with Gasteiger partial charge in [-0.2, -0.15) is 0 Å². The first-order valence-corrected chi connectivity index (χ1v) is 8.30. The van der Waals surface area contributed by atoms with E-state index in [2.05, 4.69) is 10.6 Å². The van der Waals surface area contributed by atoms with Crippen LogP contribution in [0.25, 0.3) is 0 Å². The summed E-state index contributed by atoms with van der Waals surface area (Å²) in [5.41, 5.74) is 13.9. The maximum atomic E-state index is 13.0.